The Kier molecular flexibility index (Phi) is 8.22. The van der Waals surface area contributed by atoms with Gasteiger partial charge < -0.3 is 14.6 Å². The van der Waals surface area contributed by atoms with Gasteiger partial charge in [0.05, 0.1) is 13.2 Å². The second-order valence-electron chi connectivity index (χ2n) is 5.43. The van der Waals surface area contributed by atoms with Gasteiger partial charge in [0.15, 0.2) is 0 Å². The van der Waals surface area contributed by atoms with Crippen LogP contribution in [-0.4, -0.2) is 72.4 Å². The lowest BCUT2D eigenvalue weighted by atomic mass is 10.1. The summed E-state index contributed by atoms with van der Waals surface area (Å²) < 4.78 is 181. The first-order valence-corrected chi connectivity index (χ1v) is 7.12. The Labute approximate surface area is 160 Å². The van der Waals surface area contributed by atoms with Crippen molar-refractivity contribution < 1.29 is 85.6 Å². The minimum absolute atomic E-state index is 1.46. The summed E-state index contributed by atoms with van der Waals surface area (Å²) in [5, 5.41) is 8.68. The van der Waals surface area contributed by atoms with E-state index in [0.29, 0.717) is 0 Å². The first-order chi connectivity index (χ1) is 13.5. The summed E-state index contributed by atoms with van der Waals surface area (Å²) in [6.07, 6.45) is -17.9. The molecule has 0 fully saturated rings. The number of hydrogen-bond acceptors (Lipinski definition) is 5. The minimum atomic E-state index is -6.96. The number of alkyl halides is 14. The van der Waals surface area contributed by atoms with Gasteiger partial charge in [-0.25, -0.2) is 9.59 Å². The maximum atomic E-state index is 13.0. The Bertz CT molecular complexity index is 653. The van der Waals surface area contributed by atoms with E-state index in [2.05, 4.69) is 9.47 Å². The predicted molar refractivity (Wildman–Crippen MR) is 64.4 cm³/mol. The van der Waals surface area contributed by atoms with E-state index in [1.54, 1.807) is 0 Å². The molecule has 1 unspecified atom stereocenters. The van der Waals surface area contributed by atoms with E-state index >= 15 is 0 Å². The monoisotopic (exact) mass is 498 g/mol. The van der Waals surface area contributed by atoms with Crippen molar-refractivity contribution in [3.8, 4) is 0 Å². The van der Waals surface area contributed by atoms with E-state index in [1.807, 2.05) is 0 Å². The van der Waals surface area contributed by atoms with Crippen LogP contribution >= 0.6 is 0 Å². The van der Waals surface area contributed by atoms with Crippen LogP contribution in [-0.2, 0) is 19.1 Å². The maximum Gasteiger partial charge on any atom is 0.460 e. The molecule has 0 spiro atoms. The van der Waals surface area contributed by atoms with Gasteiger partial charge >= 0.3 is 48.0 Å². The zero-order valence-corrected chi connectivity index (χ0v) is 14.1. The molecule has 184 valence electrons. The van der Waals surface area contributed by atoms with Gasteiger partial charge in [-0.3, -0.25) is 0 Å². The van der Waals surface area contributed by atoms with Gasteiger partial charge in [-0.2, -0.15) is 61.5 Å². The molecule has 0 saturated carbocycles. The highest BCUT2D eigenvalue weighted by atomic mass is 19.4. The van der Waals surface area contributed by atoms with Crippen molar-refractivity contribution >= 4 is 11.9 Å². The molecular weight excluding hydrogens is 490 g/mol. The summed E-state index contributed by atoms with van der Waals surface area (Å²) in [6.45, 7) is -3.44. The topological polar surface area (TPSA) is 72.8 Å². The first kappa shape index (κ1) is 28.9. The van der Waals surface area contributed by atoms with E-state index in [0.717, 1.165) is 0 Å². The lowest BCUT2D eigenvalue weighted by molar-refractivity contribution is -0.349. The fourth-order valence-electron chi connectivity index (χ4n) is 1.40. The Morgan fingerprint density at radius 1 is 0.677 bits per heavy atom. The number of halogens is 14. The van der Waals surface area contributed by atoms with Crippen molar-refractivity contribution in [2.24, 2.45) is 0 Å². The molecule has 0 saturated heterocycles. The highest BCUT2D eigenvalue weighted by molar-refractivity contribution is 5.80. The number of aliphatic hydroxyl groups excluding tert-OH is 1. The minimum Gasteiger partial charge on any atom is -0.461 e. The Morgan fingerprint density at radius 3 is 1.35 bits per heavy atom. The first-order valence-electron chi connectivity index (χ1n) is 7.12. The molecule has 19 heteroatoms. The molecule has 1 N–H and O–H groups in total. The fraction of sp³-hybridized carbons (Fsp3) is 0.833. The molecule has 0 amide bonds. The van der Waals surface area contributed by atoms with Gasteiger partial charge in [-0.05, 0) is 0 Å². The molecular formula is C12H8F14O5. The van der Waals surface area contributed by atoms with Gasteiger partial charge in [0.25, 0.3) is 0 Å². The molecule has 0 aromatic heterocycles. The van der Waals surface area contributed by atoms with Crippen LogP contribution in [0, 0.1) is 0 Å². The Hall–Kier alpha value is -2.08. The van der Waals surface area contributed by atoms with E-state index in [9.17, 15) is 71.1 Å². The quantitative estimate of drug-likeness (QED) is 0.390. The van der Waals surface area contributed by atoms with Crippen LogP contribution in [0.2, 0.25) is 0 Å². The van der Waals surface area contributed by atoms with Crippen LogP contribution in [0.5, 0.6) is 0 Å². The summed E-state index contributed by atoms with van der Waals surface area (Å²) in [5.41, 5.74) is 0. The number of hydrogen-bond donors (Lipinski definition) is 1. The van der Waals surface area contributed by atoms with Crippen LogP contribution in [0.1, 0.15) is 6.42 Å². The highest BCUT2D eigenvalue weighted by Crippen LogP contribution is 2.48. The SMILES string of the molecule is O=C(OCCC(CO)OC(=O)C(F)(F)C(F)(F)C(F)(F)F)C(F)(F)C(F)(F)C(F)(F)F. The number of carbonyl (C=O) groups is 2. The number of esters is 2. The highest BCUT2D eigenvalue weighted by Gasteiger charge is 2.78. The van der Waals surface area contributed by atoms with Gasteiger partial charge in [0.1, 0.15) is 6.10 Å². The molecule has 0 rings (SSSR count). The number of carbonyl (C=O) groups excluding carboxylic acids is 2. The van der Waals surface area contributed by atoms with Crippen molar-refractivity contribution in [2.45, 2.75) is 48.6 Å². The van der Waals surface area contributed by atoms with Crippen molar-refractivity contribution in [1.29, 1.82) is 0 Å². The van der Waals surface area contributed by atoms with Crippen molar-refractivity contribution in [3.05, 3.63) is 0 Å². The smallest absolute Gasteiger partial charge is 0.460 e. The molecule has 0 aromatic carbocycles. The Balaban J connectivity index is 5.14. The number of ether oxygens (including phenoxy) is 2. The average Bonchev–Trinajstić information content (AvgIpc) is 2.57. The van der Waals surface area contributed by atoms with Crippen molar-refractivity contribution in [3.63, 3.8) is 0 Å². The van der Waals surface area contributed by atoms with E-state index in [1.165, 1.54) is 0 Å². The maximum absolute atomic E-state index is 13.0. The second-order valence-corrected chi connectivity index (χ2v) is 5.43. The number of aliphatic hydroxyl groups is 1. The second kappa shape index (κ2) is 8.81. The van der Waals surface area contributed by atoms with Crippen molar-refractivity contribution in [1.82, 2.24) is 0 Å². The molecule has 31 heavy (non-hydrogen) atoms. The molecule has 0 aliphatic heterocycles. The zero-order valence-electron chi connectivity index (χ0n) is 14.1. The standard InChI is InChI=1S/C12H8F14O5/c13-7(14,9(17,18)11(21,22)23)5(28)30-2-1-4(3-27)31-6(29)8(15,16)10(19,20)12(24,25)26/h4,27H,1-3H2. The van der Waals surface area contributed by atoms with Gasteiger partial charge in [-0.1, -0.05) is 0 Å². The van der Waals surface area contributed by atoms with E-state index in [4.69, 9.17) is 5.11 Å². The van der Waals surface area contributed by atoms with Crippen LogP contribution in [0.15, 0.2) is 0 Å². The number of rotatable bonds is 9. The summed E-state index contributed by atoms with van der Waals surface area (Å²) >= 11 is 0. The molecule has 0 aromatic rings. The third-order valence-corrected chi connectivity index (χ3v) is 3.16. The molecule has 0 aliphatic carbocycles. The summed E-state index contributed by atoms with van der Waals surface area (Å²) in [4.78, 5) is 21.7. The molecule has 0 heterocycles. The van der Waals surface area contributed by atoms with Gasteiger partial charge in [0, 0.05) is 6.42 Å². The molecule has 0 aliphatic rings. The van der Waals surface area contributed by atoms with Gasteiger partial charge in [0.2, 0.25) is 0 Å². The summed E-state index contributed by atoms with van der Waals surface area (Å²) in [7, 11) is 0. The van der Waals surface area contributed by atoms with E-state index < -0.39 is 73.7 Å². The molecule has 5 nitrogen and oxygen atoms in total. The van der Waals surface area contributed by atoms with Gasteiger partial charge in [-0.15, -0.1) is 0 Å². The Morgan fingerprint density at radius 2 is 1.03 bits per heavy atom. The normalized spacial score (nSPS) is 15.5. The molecule has 0 bridgehead atoms. The lowest BCUT2D eigenvalue weighted by Crippen LogP contribution is -2.57. The average molecular weight is 498 g/mol. The molecule has 0 radical (unpaired) electrons. The fourth-order valence-corrected chi connectivity index (χ4v) is 1.40. The molecule has 1 atom stereocenters. The summed E-state index contributed by atoms with van der Waals surface area (Å²) in [5.74, 6) is -34.0. The van der Waals surface area contributed by atoms with Crippen molar-refractivity contribution in [2.75, 3.05) is 13.2 Å². The van der Waals surface area contributed by atoms with Crippen LogP contribution in [0.25, 0.3) is 0 Å². The largest absolute Gasteiger partial charge is 0.461 e. The third kappa shape index (κ3) is 5.59. The van der Waals surface area contributed by atoms with Crippen LogP contribution < -0.4 is 0 Å². The lowest BCUT2D eigenvalue weighted by Gasteiger charge is -2.28. The third-order valence-electron chi connectivity index (χ3n) is 3.16. The predicted octanol–water partition coefficient (Wildman–Crippen LogP) is 3.49. The van der Waals surface area contributed by atoms with E-state index in [-0.39, 0.29) is 0 Å². The summed E-state index contributed by atoms with van der Waals surface area (Å²) in [6, 6.07) is 0. The van der Waals surface area contributed by atoms with Crippen LogP contribution in [0.4, 0.5) is 61.5 Å². The van der Waals surface area contributed by atoms with Crippen LogP contribution in [0.3, 0.4) is 0 Å². The zero-order chi connectivity index (χ0) is 25.3.